The summed E-state index contributed by atoms with van der Waals surface area (Å²) in [4.78, 5) is 23.8. The average Bonchev–Trinajstić information content (AvgIpc) is 2.57. The van der Waals surface area contributed by atoms with Crippen LogP contribution in [0.15, 0.2) is 53.4 Å². The first-order valence-electron chi connectivity index (χ1n) is 7.26. The minimum atomic E-state index is -1.20. The van der Waals surface area contributed by atoms with Crippen LogP contribution in [-0.2, 0) is 15.6 Å². The van der Waals surface area contributed by atoms with Crippen LogP contribution in [0.25, 0.3) is 0 Å². The van der Waals surface area contributed by atoms with Gasteiger partial charge in [-0.15, -0.1) is 0 Å². The van der Waals surface area contributed by atoms with Crippen molar-refractivity contribution in [3.05, 3.63) is 59.9 Å². The van der Waals surface area contributed by atoms with Gasteiger partial charge in [-0.3, -0.25) is 13.8 Å². The molecule has 0 radical (unpaired) electrons. The van der Waals surface area contributed by atoms with Crippen molar-refractivity contribution in [3.63, 3.8) is 0 Å². The molecule has 5 nitrogen and oxygen atoms in total. The van der Waals surface area contributed by atoms with E-state index in [1.807, 2.05) is 6.07 Å². The Hall–Kier alpha value is -2.54. The lowest BCUT2D eigenvalue weighted by Crippen LogP contribution is -2.28. The van der Waals surface area contributed by atoms with Gasteiger partial charge < -0.3 is 10.6 Å². The van der Waals surface area contributed by atoms with Gasteiger partial charge in [0.2, 0.25) is 5.91 Å². The number of carbonyl (C=O) groups is 2. The highest BCUT2D eigenvalue weighted by atomic mass is 32.2. The fourth-order valence-corrected chi connectivity index (χ4v) is 2.99. The van der Waals surface area contributed by atoms with Gasteiger partial charge in [0, 0.05) is 29.7 Å². The normalized spacial score (nSPS) is 11.6. The molecule has 2 aromatic carbocycles. The maximum Gasteiger partial charge on any atom is 0.251 e. The molecule has 0 aliphatic carbocycles. The molecule has 2 aromatic rings. The third-order valence-corrected chi connectivity index (χ3v) is 4.49. The van der Waals surface area contributed by atoms with E-state index in [0.717, 1.165) is 6.07 Å². The summed E-state index contributed by atoms with van der Waals surface area (Å²) in [5, 5.41) is 4.95. The quantitative estimate of drug-likeness (QED) is 0.841. The number of anilines is 1. The molecule has 1 unspecified atom stereocenters. The Kier molecular flexibility index (Phi) is 6.20. The number of halogens is 1. The van der Waals surface area contributed by atoms with E-state index in [4.69, 9.17) is 0 Å². The first kappa shape index (κ1) is 17.8. The van der Waals surface area contributed by atoms with E-state index in [1.54, 1.807) is 24.3 Å². The first-order valence-corrected chi connectivity index (χ1v) is 8.58. The zero-order chi connectivity index (χ0) is 17.5. The smallest absolute Gasteiger partial charge is 0.251 e. The molecule has 0 aromatic heterocycles. The van der Waals surface area contributed by atoms with Crippen molar-refractivity contribution < 1.29 is 18.2 Å². The molecule has 0 aliphatic heterocycles. The van der Waals surface area contributed by atoms with E-state index in [2.05, 4.69) is 10.6 Å². The fourth-order valence-electron chi connectivity index (χ4n) is 2.00. The Bertz CT molecular complexity index is 766. The SMILES string of the molecule is CC(=O)Nc1cc(C(=O)NCCS(=O)c2ccccc2)ccc1F. The molecular weight excluding hydrogens is 331 g/mol. The minimum Gasteiger partial charge on any atom is -0.351 e. The molecule has 0 aliphatic rings. The lowest BCUT2D eigenvalue weighted by molar-refractivity contribution is -0.114. The molecule has 0 saturated carbocycles. The van der Waals surface area contributed by atoms with Crippen LogP contribution in [0.1, 0.15) is 17.3 Å². The summed E-state index contributed by atoms with van der Waals surface area (Å²) < 4.78 is 25.6. The van der Waals surface area contributed by atoms with Crippen LogP contribution >= 0.6 is 0 Å². The fraction of sp³-hybridized carbons (Fsp3) is 0.176. The van der Waals surface area contributed by atoms with Gasteiger partial charge in [0.1, 0.15) is 5.82 Å². The molecule has 0 heterocycles. The Morgan fingerprint density at radius 2 is 1.83 bits per heavy atom. The number of hydrogen-bond donors (Lipinski definition) is 2. The van der Waals surface area contributed by atoms with Crippen LogP contribution in [0.5, 0.6) is 0 Å². The second-order valence-electron chi connectivity index (χ2n) is 4.99. The van der Waals surface area contributed by atoms with Gasteiger partial charge in [-0.25, -0.2) is 4.39 Å². The maximum absolute atomic E-state index is 13.6. The van der Waals surface area contributed by atoms with Crippen molar-refractivity contribution >= 4 is 28.3 Å². The topological polar surface area (TPSA) is 75.3 Å². The summed E-state index contributed by atoms with van der Waals surface area (Å²) in [5.74, 6) is -1.20. The molecule has 1 atom stereocenters. The van der Waals surface area contributed by atoms with Crippen molar-refractivity contribution in [2.75, 3.05) is 17.6 Å². The zero-order valence-electron chi connectivity index (χ0n) is 13.0. The van der Waals surface area contributed by atoms with E-state index in [0.29, 0.717) is 4.90 Å². The van der Waals surface area contributed by atoms with Crippen molar-refractivity contribution in [3.8, 4) is 0 Å². The van der Waals surface area contributed by atoms with Gasteiger partial charge in [0.25, 0.3) is 5.91 Å². The lowest BCUT2D eigenvalue weighted by atomic mass is 10.1. The summed E-state index contributed by atoms with van der Waals surface area (Å²) in [5.41, 5.74) is 0.161. The Morgan fingerprint density at radius 3 is 2.50 bits per heavy atom. The van der Waals surface area contributed by atoms with Gasteiger partial charge in [-0.05, 0) is 30.3 Å². The Morgan fingerprint density at radius 1 is 1.12 bits per heavy atom. The number of nitrogens with one attached hydrogen (secondary N) is 2. The van der Waals surface area contributed by atoms with Crippen LogP contribution in [0, 0.1) is 5.82 Å². The van der Waals surface area contributed by atoms with Gasteiger partial charge in [-0.1, -0.05) is 18.2 Å². The predicted molar refractivity (Wildman–Crippen MR) is 90.8 cm³/mol. The average molecular weight is 348 g/mol. The van der Waals surface area contributed by atoms with Crippen LogP contribution in [0.2, 0.25) is 0 Å². The summed E-state index contributed by atoms with van der Waals surface area (Å²) in [6.45, 7) is 1.47. The Labute approximate surface area is 141 Å². The van der Waals surface area contributed by atoms with E-state index >= 15 is 0 Å². The second-order valence-corrected chi connectivity index (χ2v) is 6.57. The molecule has 7 heteroatoms. The molecule has 2 rings (SSSR count). The molecule has 24 heavy (non-hydrogen) atoms. The maximum atomic E-state index is 13.6. The summed E-state index contributed by atoms with van der Waals surface area (Å²) in [7, 11) is -1.20. The number of carbonyl (C=O) groups excluding carboxylic acids is 2. The Balaban J connectivity index is 1.93. The molecule has 0 saturated heterocycles. The first-order chi connectivity index (χ1) is 11.5. The third kappa shape index (κ3) is 4.99. The van der Waals surface area contributed by atoms with Crippen LogP contribution in [0.3, 0.4) is 0 Å². The predicted octanol–water partition coefficient (Wildman–Crippen LogP) is 2.32. The van der Waals surface area contributed by atoms with Gasteiger partial charge in [-0.2, -0.15) is 0 Å². The number of hydrogen-bond acceptors (Lipinski definition) is 3. The van der Waals surface area contributed by atoms with Crippen molar-refractivity contribution in [1.82, 2.24) is 5.32 Å². The highest BCUT2D eigenvalue weighted by Crippen LogP contribution is 2.16. The summed E-state index contributed by atoms with van der Waals surface area (Å²) >= 11 is 0. The van der Waals surface area contributed by atoms with E-state index in [1.165, 1.54) is 19.1 Å². The summed E-state index contributed by atoms with van der Waals surface area (Å²) in [6, 6.07) is 12.7. The van der Waals surface area contributed by atoms with Crippen LogP contribution in [-0.4, -0.2) is 28.3 Å². The van der Waals surface area contributed by atoms with Crippen LogP contribution < -0.4 is 10.6 Å². The van der Waals surface area contributed by atoms with E-state index in [-0.39, 0.29) is 23.5 Å². The van der Waals surface area contributed by atoms with Crippen molar-refractivity contribution in [2.24, 2.45) is 0 Å². The standard InChI is InChI=1S/C17H17FN2O3S/c1-12(21)20-16-11-13(7-8-15(16)18)17(22)19-9-10-24(23)14-5-3-2-4-6-14/h2-8,11H,9-10H2,1H3,(H,19,22)(H,20,21). The van der Waals surface area contributed by atoms with E-state index < -0.39 is 28.4 Å². The van der Waals surface area contributed by atoms with Gasteiger partial charge in [0.05, 0.1) is 16.5 Å². The molecule has 0 fully saturated rings. The zero-order valence-corrected chi connectivity index (χ0v) is 13.9. The molecule has 126 valence electrons. The van der Waals surface area contributed by atoms with Gasteiger partial charge >= 0.3 is 0 Å². The van der Waals surface area contributed by atoms with Crippen molar-refractivity contribution in [2.45, 2.75) is 11.8 Å². The monoisotopic (exact) mass is 348 g/mol. The number of benzene rings is 2. The largest absolute Gasteiger partial charge is 0.351 e. The summed E-state index contributed by atoms with van der Waals surface area (Å²) in [6.07, 6.45) is 0. The molecule has 0 bridgehead atoms. The molecule has 2 N–H and O–H groups in total. The van der Waals surface area contributed by atoms with Crippen LogP contribution in [0.4, 0.5) is 10.1 Å². The molecular formula is C17H17FN2O3S. The third-order valence-electron chi connectivity index (χ3n) is 3.12. The lowest BCUT2D eigenvalue weighted by Gasteiger charge is -2.08. The number of rotatable bonds is 6. The van der Waals surface area contributed by atoms with Gasteiger partial charge in [0.15, 0.2) is 0 Å². The molecule has 2 amide bonds. The van der Waals surface area contributed by atoms with Crippen molar-refractivity contribution in [1.29, 1.82) is 0 Å². The second kappa shape index (κ2) is 8.35. The number of amides is 2. The highest BCUT2D eigenvalue weighted by molar-refractivity contribution is 7.85. The molecule has 0 spiro atoms. The van der Waals surface area contributed by atoms with E-state index in [9.17, 15) is 18.2 Å². The highest BCUT2D eigenvalue weighted by Gasteiger charge is 2.11. The minimum absolute atomic E-state index is 0.0528.